The van der Waals surface area contributed by atoms with Gasteiger partial charge in [0.1, 0.15) is 0 Å². The number of carbonyl (C=O) groups is 2. The number of fused-ring (bicyclic) bond motifs is 1. The molecule has 0 spiro atoms. The zero-order chi connectivity index (χ0) is 21.6. The van der Waals surface area contributed by atoms with Gasteiger partial charge in [-0.1, -0.05) is 60.7 Å². The predicted molar refractivity (Wildman–Crippen MR) is 123 cm³/mol. The topological polar surface area (TPSA) is 49.9 Å². The van der Waals surface area contributed by atoms with E-state index >= 15 is 0 Å². The number of methoxy groups -OCH3 is 1. The van der Waals surface area contributed by atoms with Gasteiger partial charge in [-0.05, 0) is 30.4 Å². The van der Waals surface area contributed by atoms with E-state index in [-0.39, 0.29) is 18.0 Å². The number of hydrogen-bond donors (Lipinski definition) is 0. The van der Waals surface area contributed by atoms with Crippen LogP contribution in [0.15, 0.2) is 71.3 Å². The quantitative estimate of drug-likeness (QED) is 0.401. The molecule has 0 aliphatic carbocycles. The number of thioether (sulfide) groups is 1. The molecule has 31 heavy (non-hydrogen) atoms. The number of nitrogens with zero attached hydrogens (tertiary/aromatic N) is 2. The third kappa shape index (κ3) is 4.96. The largest absolute Gasteiger partial charge is 0.469 e. The lowest BCUT2D eigenvalue weighted by Gasteiger charge is -2.22. The fourth-order valence-corrected chi connectivity index (χ4v) is 5.59. The lowest BCUT2D eigenvalue weighted by Crippen LogP contribution is -2.35. The first kappa shape index (κ1) is 21.5. The molecule has 0 radical (unpaired) electrons. The van der Waals surface area contributed by atoms with Crippen LogP contribution in [-0.4, -0.2) is 40.7 Å². The van der Waals surface area contributed by atoms with Gasteiger partial charge in [0.15, 0.2) is 0 Å². The number of carbonyl (C=O) groups excluding carboxylic acids is 2. The maximum absolute atomic E-state index is 13.5. The summed E-state index contributed by atoms with van der Waals surface area (Å²) in [6.07, 6.45) is 3.06. The van der Waals surface area contributed by atoms with E-state index in [1.165, 1.54) is 12.0 Å². The lowest BCUT2D eigenvalue weighted by atomic mass is 10.1. The van der Waals surface area contributed by atoms with Crippen LogP contribution in [0.4, 0.5) is 4.79 Å². The number of rotatable bonds is 9. The Balaban J connectivity index is 1.55. The van der Waals surface area contributed by atoms with E-state index in [1.54, 1.807) is 0 Å². The summed E-state index contributed by atoms with van der Waals surface area (Å²) in [7, 11) is 1.43. The summed E-state index contributed by atoms with van der Waals surface area (Å²) in [4.78, 5) is 30.2. The summed E-state index contributed by atoms with van der Waals surface area (Å²) in [5.74, 6) is 0.733. The molecule has 2 heterocycles. The molecule has 1 saturated heterocycles. The SMILES string of the molecule is COC(=O)CCCCC1=C2C(CS1)N(Cc1ccccc1)C(=O)N2Cc1ccccc1. The van der Waals surface area contributed by atoms with Crippen LogP contribution in [0.25, 0.3) is 0 Å². The monoisotopic (exact) mass is 436 g/mol. The Hall–Kier alpha value is -2.73. The van der Waals surface area contributed by atoms with Gasteiger partial charge in [0.05, 0.1) is 25.4 Å². The van der Waals surface area contributed by atoms with Crippen LogP contribution in [0.5, 0.6) is 0 Å². The second kappa shape index (κ2) is 10.1. The number of benzene rings is 2. The molecule has 5 nitrogen and oxygen atoms in total. The van der Waals surface area contributed by atoms with Gasteiger partial charge in [0, 0.05) is 23.6 Å². The third-order valence-corrected chi connectivity index (χ3v) is 7.05. The van der Waals surface area contributed by atoms with E-state index < -0.39 is 0 Å². The van der Waals surface area contributed by atoms with E-state index in [4.69, 9.17) is 4.74 Å². The Kier molecular flexibility index (Phi) is 6.97. The minimum absolute atomic E-state index is 0.0834. The molecule has 0 aromatic heterocycles. The minimum Gasteiger partial charge on any atom is -0.469 e. The highest BCUT2D eigenvalue weighted by Crippen LogP contribution is 2.44. The van der Waals surface area contributed by atoms with Gasteiger partial charge in [-0.3, -0.25) is 9.69 Å². The van der Waals surface area contributed by atoms with Crippen molar-refractivity contribution in [3.05, 3.63) is 82.4 Å². The molecule has 2 aliphatic heterocycles. The molecule has 1 fully saturated rings. The van der Waals surface area contributed by atoms with Crippen LogP contribution >= 0.6 is 11.8 Å². The summed E-state index contributed by atoms with van der Waals surface area (Å²) in [5.41, 5.74) is 3.44. The van der Waals surface area contributed by atoms with Crippen molar-refractivity contribution in [1.82, 2.24) is 9.80 Å². The third-order valence-electron chi connectivity index (χ3n) is 5.80. The number of hydrogen-bond acceptors (Lipinski definition) is 4. The molecular weight excluding hydrogens is 408 g/mol. The summed E-state index contributed by atoms with van der Waals surface area (Å²) < 4.78 is 4.74. The van der Waals surface area contributed by atoms with Gasteiger partial charge < -0.3 is 9.64 Å². The first-order valence-corrected chi connectivity index (χ1v) is 11.7. The van der Waals surface area contributed by atoms with Crippen LogP contribution in [0.2, 0.25) is 0 Å². The average Bonchev–Trinajstić information content (AvgIpc) is 3.32. The Morgan fingerprint density at radius 3 is 2.29 bits per heavy atom. The van der Waals surface area contributed by atoms with Crippen molar-refractivity contribution in [3.8, 4) is 0 Å². The molecule has 0 N–H and O–H groups in total. The van der Waals surface area contributed by atoms with Gasteiger partial charge in [-0.25, -0.2) is 4.79 Å². The van der Waals surface area contributed by atoms with Gasteiger partial charge in [-0.15, -0.1) is 11.8 Å². The predicted octanol–water partition coefficient (Wildman–Crippen LogP) is 5.18. The van der Waals surface area contributed by atoms with E-state index in [9.17, 15) is 9.59 Å². The van der Waals surface area contributed by atoms with E-state index in [2.05, 4.69) is 24.3 Å². The van der Waals surface area contributed by atoms with Crippen LogP contribution < -0.4 is 0 Å². The highest BCUT2D eigenvalue weighted by molar-refractivity contribution is 8.03. The second-order valence-electron chi connectivity index (χ2n) is 7.89. The van der Waals surface area contributed by atoms with E-state index in [0.29, 0.717) is 19.5 Å². The number of amides is 2. The Morgan fingerprint density at radius 1 is 1.00 bits per heavy atom. The number of ether oxygens (including phenoxy) is 1. The Labute approximate surface area is 188 Å². The summed E-state index contributed by atoms with van der Waals surface area (Å²) in [6, 6.07) is 20.5. The molecule has 162 valence electrons. The Bertz CT molecular complexity index is 946. The van der Waals surface area contributed by atoms with Crippen LogP contribution in [0, 0.1) is 0 Å². The van der Waals surface area contributed by atoms with Crippen molar-refractivity contribution < 1.29 is 14.3 Å². The zero-order valence-electron chi connectivity index (χ0n) is 17.8. The first-order chi connectivity index (χ1) is 15.2. The molecule has 0 saturated carbocycles. The molecule has 1 unspecified atom stereocenters. The number of urea groups is 1. The number of allylic oxidation sites excluding steroid dienone is 1. The van der Waals surface area contributed by atoms with Crippen molar-refractivity contribution in [1.29, 1.82) is 0 Å². The number of esters is 1. The minimum atomic E-state index is -0.162. The normalized spacial score (nSPS) is 18.0. The van der Waals surface area contributed by atoms with Crippen molar-refractivity contribution in [2.45, 2.75) is 44.8 Å². The molecule has 2 aliphatic rings. The van der Waals surface area contributed by atoms with Crippen molar-refractivity contribution >= 4 is 23.8 Å². The maximum Gasteiger partial charge on any atom is 0.325 e. The smallest absolute Gasteiger partial charge is 0.325 e. The van der Waals surface area contributed by atoms with Gasteiger partial charge in [0.2, 0.25) is 0 Å². The van der Waals surface area contributed by atoms with E-state index in [0.717, 1.165) is 41.8 Å². The molecule has 6 heteroatoms. The first-order valence-electron chi connectivity index (χ1n) is 10.8. The Morgan fingerprint density at radius 2 is 1.65 bits per heavy atom. The van der Waals surface area contributed by atoms with Crippen molar-refractivity contribution in [3.63, 3.8) is 0 Å². The summed E-state index contributed by atoms with van der Waals surface area (Å²) >= 11 is 1.86. The summed E-state index contributed by atoms with van der Waals surface area (Å²) in [6.45, 7) is 1.21. The summed E-state index contributed by atoms with van der Waals surface area (Å²) in [5, 5.41) is 0. The molecule has 2 aromatic rings. The maximum atomic E-state index is 13.5. The molecule has 1 atom stereocenters. The van der Waals surface area contributed by atoms with Crippen LogP contribution in [0.1, 0.15) is 36.8 Å². The van der Waals surface area contributed by atoms with Crippen LogP contribution in [0.3, 0.4) is 0 Å². The fraction of sp³-hybridized carbons (Fsp3) is 0.360. The lowest BCUT2D eigenvalue weighted by molar-refractivity contribution is -0.140. The van der Waals surface area contributed by atoms with Gasteiger partial charge in [0.25, 0.3) is 0 Å². The molecule has 2 aromatic carbocycles. The van der Waals surface area contributed by atoms with Gasteiger partial charge >= 0.3 is 12.0 Å². The fourth-order valence-electron chi connectivity index (χ4n) is 4.21. The molecule has 0 bridgehead atoms. The highest BCUT2D eigenvalue weighted by Gasteiger charge is 2.46. The van der Waals surface area contributed by atoms with Crippen molar-refractivity contribution in [2.75, 3.05) is 12.9 Å². The van der Waals surface area contributed by atoms with Crippen molar-refractivity contribution in [2.24, 2.45) is 0 Å². The molecular formula is C25H28N2O3S. The standard InChI is InChI=1S/C25H28N2O3S/c1-30-23(28)15-9-8-14-22-24-21(18-31-22)26(16-19-10-4-2-5-11-19)25(29)27(24)17-20-12-6-3-7-13-20/h2-7,10-13,21H,8-9,14-18H2,1H3. The van der Waals surface area contributed by atoms with Gasteiger partial charge in [-0.2, -0.15) is 0 Å². The second-order valence-corrected chi connectivity index (χ2v) is 9.00. The molecule has 4 rings (SSSR count). The number of unbranched alkanes of at least 4 members (excludes halogenated alkanes) is 1. The molecule has 2 amide bonds. The van der Waals surface area contributed by atoms with Crippen LogP contribution in [-0.2, 0) is 22.6 Å². The highest BCUT2D eigenvalue weighted by atomic mass is 32.2. The van der Waals surface area contributed by atoms with E-state index in [1.807, 2.05) is 58.0 Å². The average molecular weight is 437 g/mol. The zero-order valence-corrected chi connectivity index (χ0v) is 18.6.